The van der Waals surface area contributed by atoms with Crippen LogP contribution >= 0.6 is 0 Å². The Hall–Kier alpha value is -3.02. The number of sulfonamides is 2. The summed E-state index contributed by atoms with van der Waals surface area (Å²) in [6.45, 7) is 11.5. The number of rotatable bonds is 5. The summed E-state index contributed by atoms with van der Waals surface area (Å²) in [5.41, 5.74) is 3.42. The van der Waals surface area contributed by atoms with Gasteiger partial charge in [-0.3, -0.25) is 0 Å². The number of hydrogen-bond acceptors (Lipinski definition) is 6. The van der Waals surface area contributed by atoms with Gasteiger partial charge in [0.2, 0.25) is 20.0 Å². The predicted molar refractivity (Wildman–Crippen MR) is 174 cm³/mol. The molecule has 3 aromatic carbocycles. The van der Waals surface area contributed by atoms with Crippen LogP contribution in [0.15, 0.2) is 88.7 Å². The van der Waals surface area contributed by atoms with Gasteiger partial charge in [0.25, 0.3) is 0 Å². The highest BCUT2D eigenvalue weighted by Gasteiger charge is 2.37. The van der Waals surface area contributed by atoms with Crippen LogP contribution in [-0.2, 0) is 20.0 Å². The van der Waals surface area contributed by atoms with E-state index in [1.165, 1.54) is 0 Å². The number of nitrogens with two attached hydrogens (primary N) is 1. The molecule has 2 aliphatic heterocycles. The maximum absolute atomic E-state index is 12.0. The molecule has 234 valence electrons. The van der Waals surface area contributed by atoms with Crippen molar-refractivity contribution in [3.63, 3.8) is 0 Å². The Morgan fingerprint density at radius 3 is 1.95 bits per heavy atom. The van der Waals surface area contributed by atoms with Gasteiger partial charge in [-0.25, -0.2) is 26.7 Å². The molecule has 0 bridgehead atoms. The molecule has 0 aromatic heterocycles. The number of ether oxygens (including phenoxy) is 1. The van der Waals surface area contributed by atoms with E-state index in [0.717, 1.165) is 53.9 Å². The number of hydrogen-bond donors (Lipinski definition) is 3. The van der Waals surface area contributed by atoms with Crippen LogP contribution in [0.4, 0.5) is 0 Å². The third kappa shape index (κ3) is 8.77. The summed E-state index contributed by atoms with van der Waals surface area (Å²) in [6, 6.07) is 21.7. The van der Waals surface area contributed by atoms with E-state index in [2.05, 4.69) is 30.0 Å². The van der Waals surface area contributed by atoms with Gasteiger partial charge < -0.3 is 10.1 Å². The van der Waals surface area contributed by atoms with Crippen LogP contribution in [0.1, 0.15) is 77.5 Å². The third-order valence-corrected chi connectivity index (χ3v) is 9.84. The fourth-order valence-corrected chi connectivity index (χ4v) is 6.95. The third-order valence-electron chi connectivity index (χ3n) is 7.14. The minimum absolute atomic E-state index is 0. The van der Waals surface area contributed by atoms with E-state index in [1.807, 2.05) is 69.3 Å². The molecule has 1 saturated heterocycles. The van der Waals surface area contributed by atoms with Gasteiger partial charge in [0.1, 0.15) is 11.4 Å². The van der Waals surface area contributed by atoms with Crippen molar-refractivity contribution in [3.8, 4) is 5.75 Å². The van der Waals surface area contributed by atoms with Crippen molar-refractivity contribution < 1.29 is 21.6 Å². The topological polar surface area (TPSA) is 128 Å². The van der Waals surface area contributed by atoms with E-state index in [9.17, 15) is 16.8 Å². The Labute approximate surface area is 257 Å². The minimum atomic E-state index is -3.69. The van der Waals surface area contributed by atoms with Gasteiger partial charge in [-0.1, -0.05) is 63.7 Å². The number of fused-ring (bicyclic) bond motifs is 1. The average molecular weight is 628 g/mol. The van der Waals surface area contributed by atoms with Crippen LogP contribution in [0, 0.1) is 0 Å². The first-order valence-corrected chi connectivity index (χ1v) is 17.1. The standard InChI is InChI=1S/C19H20N2O3S.C13H21NO2S.CH4/c20-25(22,23)15-7-5-14(6-8-15)17-13-19(9-11-21-12-10-19)24-18-4-2-1-3-16(17)18;1-10(2)11-6-8-12(9-7-11)17(15,16)14-13(3,4)5;/h1-8,13,21H,9-12H2,(H2,20,22,23);6-10,14H,1-5H3;1H4. The van der Waals surface area contributed by atoms with E-state index < -0.39 is 25.6 Å². The molecule has 5 rings (SSSR count). The highest BCUT2D eigenvalue weighted by Crippen LogP contribution is 2.42. The molecule has 0 atom stereocenters. The number of piperidine rings is 1. The quantitative estimate of drug-likeness (QED) is 0.328. The smallest absolute Gasteiger partial charge is 0.241 e. The van der Waals surface area contributed by atoms with Gasteiger partial charge >= 0.3 is 0 Å². The summed E-state index contributed by atoms with van der Waals surface area (Å²) in [4.78, 5) is 0.436. The summed E-state index contributed by atoms with van der Waals surface area (Å²) >= 11 is 0. The number of primary sulfonamides is 1. The van der Waals surface area contributed by atoms with Crippen molar-refractivity contribution in [2.45, 2.75) is 81.7 Å². The van der Waals surface area contributed by atoms with Crippen molar-refractivity contribution >= 4 is 25.6 Å². The zero-order valence-electron chi connectivity index (χ0n) is 24.8. The molecule has 4 N–H and O–H groups in total. The van der Waals surface area contributed by atoms with Crippen molar-refractivity contribution in [2.24, 2.45) is 5.14 Å². The summed E-state index contributed by atoms with van der Waals surface area (Å²) < 4.78 is 56.0. The number of benzene rings is 3. The second-order valence-corrected chi connectivity index (χ2v) is 15.4. The summed E-state index contributed by atoms with van der Waals surface area (Å²) in [7, 11) is -7.10. The molecule has 0 unspecified atom stereocenters. The predicted octanol–water partition coefficient (Wildman–Crippen LogP) is 5.80. The molecule has 3 aromatic rings. The average Bonchev–Trinajstić information content (AvgIpc) is 2.92. The first-order chi connectivity index (χ1) is 19.6. The van der Waals surface area contributed by atoms with Crippen molar-refractivity contribution in [1.29, 1.82) is 0 Å². The largest absolute Gasteiger partial charge is 0.482 e. The summed E-state index contributed by atoms with van der Waals surface area (Å²) in [5, 5.41) is 8.57. The lowest BCUT2D eigenvalue weighted by Gasteiger charge is -2.40. The van der Waals surface area contributed by atoms with Crippen LogP contribution in [-0.4, -0.2) is 41.1 Å². The van der Waals surface area contributed by atoms with Crippen LogP contribution in [0.3, 0.4) is 0 Å². The summed E-state index contributed by atoms with van der Waals surface area (Å²) in [6.07, 6.45) is 4.00. The molecule has 10 heteroatoms. The normalized spacial score (nSPS) is 16.2. The molecule has 0 radical (unpaired) electrons. The fourth-order valence-electron chi connectivity index (χ4n) is 5.02. The molecule has 0 aliphatic carbocycles. The Morgan fingerprint density at radius 2 is 1.42 bits per heavy atom. The summed E-state index contributed by atoms with van der Waals surface area (Å²) in [5.74, 6) is 1.28. The molecule has 0 saturated carbocycles. The van der Waals surface area contributed by atoms with Crippen molar-refractivity contribution in [3.05, 3.63) is 95.6 Å². The second kappa shape index (κ2) is 13.3. The molecular formula is C33H45N3O5S2. The lowest BCUT2D eigenvalue weighted by atomic mass is 9.83. The van der Waals surface area contributed by atoms with Crippen molar-refractivity contribution in [1.82, 2.24) is 10.0 Å². The van der Waals surface area contributed by atoms with Gasteiger partial charge in [0.15, 0.2) is 0 Å². The van der Waals surface area contributed by atoms with Crippen LogP contribution in [0.25, 0.3) is 5.57 Å². The Morgan fingerprint density at radius 1 is 0.860 bits per heavy atom. The monoisotopic (exact) mass is 627 g/mol. The molecule has 8 nitrogen and oxygen atoms in total. The fraction of sp³-hybridized carbons (Fsp3) is 0.394. The van der Waals surface area contributed by atoms with Crippen LogP contribution < -0.4 is 19.9 Å². The number of nitrogens with one attached hydrogen (secondary N) is 2. The van der Waals surface area contributed by atoms with E-state index in [-0.39, 0.29) is 17.9 Å². The maximum atomic E-state index is 12.0. The van der Waals surface area contributed by atoms with E-state index in [4.69, 9.17) is 9.88 Å². The lowest BCUT2D eigenvalue weighted by molar-refractivity contribution is 0.0817. The van der Waals surface area contributed by atoms with Gasteiger partial charge in [0.05, 0.1) is 9.79 Å². The van der Waals surface area contributed by atoms with E-state index in [0.29, 0.717) is 10.8 Å². The zero-order valence-corrected chi connectivity index (χ0v) is 26.5. The maximum Gasteiger partial charge on any atom is 0.241 e. The highest BCUT2D eigenvalue weighted by atomic mass is 32.2. The van der Waals surface area contributed by atoms with Crippen LogP contribution in [0.2, 0.25) is 0 Å². The molecule has 43 heavy (non-hydrogen) atoms. The lowest BCUT2D eigenvalue weighted by Crippen LogP contribution is -2.46. The van der Waals surface area contributed by atoms with Gasteiger partial charge in [-0.05, 0) is 92.9 Å². The highest BCUT2D eigenvalue weighted by molar-refractivity contribution is 7.89. The first-order valence-electron chi connectivity index (χ1n) is 14.1. The van der Waals surface area contributed by atoms with Gasteiger partial charge in [0, 0.05) is 23.9 Å². The Bertz CT molecular complexity index is 1630. The molecule has 2 aliphatic rings. The molecule has 1 fully saturated rings. The zero-order chi connectivity index (χ0) is 30.8. The SMILES string of the molecule is C.CC(C)c1ccc(S(=O)(=O)NC(C)(C)C)cc1.NS(=O)(=O)c1ccc(C2=CC3(CCNCC3)Oc3ccccc32)cc1. The Kier molecular flexibility index (Phi) is 10.7. The van der Waals surface area contributed by atoms with Gasteiger partial charge in [-0.2, -0.15) is 0 Å². The second-order valence-electron chi connectivity index (χ2n) is 12.1. The minimum Gasteiger partial charge on any atom is -0.482 e. The van der Waals surface area contributed by atoms with Gasteiger partial charge in [-0.15, -0.1) is 0 Å². The van der Waals surface area contributed by atoms with E-state index >= 15 is 0 Å². The molecule has 1 spiro atoms. The Balaban J connectivity index is 0.000000249. The molecule has 0 amide bonds. The van der Waals surface area contributed by atoms with Crippen molar-refractivity contribution in [2.75, 3.05) is 13.1 Å². The van der Waals surface area contributed by atoms with E-state index in [1.54, 1.807) is 24.3 Å². The molecular weight excluding hydrogens is 583 g/mol. The molecule has 2 heterocycles. The number of para-hydroxylation sites is 1. The van der Waals surface area contributed by atoms with Crippen LogP contribution in [0.5, 0.6) is 5.75 Å². The first kappa shape index (κ1) is 34.5.